The molecule has 1 aromatic heterocycles. The zero-order valence-corrected chi connectivity index (χ0v) is 15.5. The van der Waals surface area contributed by atoms with E-state index in [1.54, 1.807) is 12.1 Å². The predicted molar refractivity (Wildman–Crippen MR) is 101 cm³/mol. The van der Waals surface area contributed by atoms with Gasteiger partial charge in [0.05, 0.1) is 4.90 Å². The Labute approximate surface area is 153 Å². The molecule has 7 nitrogen and oxygen atoms in total. The van der Waals surface area contributed by atoms with Crippen molar-refractivity contribution in [3.63, 3.8) is 0 Å². The van der Waals surface area contributed by atoms with Gasteiger partial charge in [-0.05, 0) is 37.1 Å². The number of primary sulfonamides is 1. The number of hydrogen-bond donors (Lipinski definition) is 2. The first kappa shape index (κ1) is 17.2. The summed E-state index contributed by atoms with van der Waals surface area (Å²) in [5, 5.41) is 8.28. The number of rotatable bonds is 4. The van der Waals surface area contributed by atoms with Crippen molar-refractivity contribution in [1.29, 1.82) is 0 Å². The van der Waals surface area contributed by atoms with Crippen molar-refractivity contribution in [3.05, 3.63) is 36.0 Å². The summed E-state index contributed by atoms with van der Waals surface area (Å²) in [5.74, 6) is 1.99. The molecule has 0 radical (unpaired) electrons. The van der Waals surface area contributed by atoms with Crippen molar-refractivity contribution in [2.24, 2.45) is 5.14 Å². The quantitative estimate of drug-likeness (QED) is 0.854. The Morgan fingerprint density at radius 2 is 1.88 bits per heavy atom. The summed E-state index contributed by atoms with van der Waals surface area (Å²) in [6.07, 6.45) is 6.94. The number of nitrogens with one attached hydrogen (secondary N) is 1. The van der Waals surface area contributed by atoms with Crippen molar-refractivity contribution in [1.82, 2.24) is 9.97 Å². The highest BCUT2D eigenvalue weighted by molar-refractivity contribution is 7.89. The van der Waals surface area contributed by atoms with Gasteiger partial charge in [0.15, 0.2) is 0 Å². The third-order valence-corrected chi connectivity index (χ3v) is 6.20. The fourth-order valence-corrected chi connectivity index (χ4v) is 4.41. The van der Waals surface area contributed by atoms with Crippen LogP contribution in [0.3, 0.4) is 0 Å². The molecular formula is C18H23N5O2S. The lowest BCUT2D eigenvalue weighted by Gasteiger charge is -2.26. The molecule has 0 amide bonds. The van der Waals surface area contributed by atoms with Crippen LogP contribution in [0.1, 0.15) is 44.1 Å². The lowest BCUT2D eigenvalue weighted by atomic mass is 10.1. The molecule has 2 aliphatic rings. The molecule has 0 saturated heterocycles. The first-order valence-electron chi connectivity index (χ1n) is 8.95. The number of fused-ring (bicyclic) bond motifs is 1. The van der Waals surface area contributed by atoms with Crippen LogP contribution in [-0.4, -0.2) is 31.0 Å². The van der Waals surface area contributed by atoms with E-state index < -0.39 is 10.0 Å². The number of anilines is 3. The zero-order valence-electron chi connectivity index (χ0n) is 14.7. The van der Waals surface area contributed by atoms with Crippen molar-refractivity contribution < 1.29 is 8.42 Å². The summed E-state index contributed by atoms with van der Waals surface area (Å²) in [6, 6.07) is 6.84. The normalized spacial score (nSPS) is 20.4. The van der Waals surface area contributed by atoms with Gasteiger partial charge in [0.25, 0.3) is 0 Å². The van der Waals surface area contributed by atoms with E-state index in [0.29, 0.717) is 17.9 Å². The summed E-state index contributed by atoms with van der Waals surface area (Å²) < 4.78 is 22.7. The van der Waals surface area contributed by atoms with Crippen LogP contribution in [0, 0.1) is 0 Å². The van der Waals surface area contributed by atoms with Crippen molar-refractivity contribution in [2.45, 2.75) is 49.5 Å². The van der Waals surface area contributed by atoms with E-state index >= 15 is 0 Å². The minimum Gasteiger partial charge on any atom is -0.353 e. The molecule has 1 saturated carbocycles. The summed E-state index contributed by atoms with van der Waals surface area (Å²) in [7, 11) is -3.69. The number of sulfonamides is 1. The van der Waals surface area contributed by atoms with Gasteiger partial charge in [0.2, 0.25) is 16.0 Å². The number of benzene rings is 1. The standard InChI is InChI=1S/C18H23N5O2S/c1-12-11-23(14-4-2-3-5-14)17-16(12)10-20-18(22-17)21-13-6-8-15(9-7-13)26(19,24)25/h6-10,12,14H,2-5,11H2,1H3,(H2,19,24,25)(H,20,21,22). The molecule has 1 aliphatic heterocycles. The Balaban J connectivity index is 1.58. The maximum atomic E-state index is 11.4. The molecule has 0 spiro atoms. The van der Waals surface area contributed by atoms with Crippen LogP contribution in [0.2, 0.25) is 0 Å². The van der Waals surface area contributed by atoms with E-state index in [4.69, 9.17) is 10.1 Å². The van der Waals surface area contributed by atoms with E-state index in [9.17, 15) is 8.42 Å². The van der Waals surface area contributed by atoms with Gasteiger partial charge in [-0.3, -0.25) is 0 Å². The highest BCUT2D eigenvalue weighted by Gasteiger charge is 2.33. The van der Waals surface area contributed by atoms with Crippen LogP contribution in [0.15, 0.2) is 35.4 Å². The van der Waals surface area contributed by atoms with Crippen LogP contribution in [-0.2, 0) is 10.0 Å². The van der Waals surface area contributed by atoms with Gasteiger partial charge < -0.3 is 10.2 Å². The molecule has 2 aromatic rings. The monoisotopic (exact) mass is 373 g/mol. The van der Waals surface area contributed by atoms with Gasteiger partial charge in [-0.2, -0.15) is 4.98 Å². The average molecular weight is 373 g/mol. The Hall–Kier alpha value is -2.19. The molecule has 26 heavy (non-hydrogen) atoms. The van der Waals surface area contributed by atoms with Gasteiger partial charge in [-0.25, -0.2) is 18.5 Å². The topological polar surface area (TPSA) is 101 Å². The molecule has 1 aliphatic carbocycles. The average Bonchev–Trinajstić information content (AvgIpc) is 3.23. The number of hydrogen-bond acceptors (Lipinski definition) is 6. The van der Waals surface area contributed by atoms with Crippen LogP contribution < -0.4 is 15.4 Å². The molecule has 4 rings (SSSR count). The molecular weight excluding hydrogens is 350 g/mol. The molecule has 1 aromatic carbocycles. The van der Waals surface area contributed by atoms with Gasteiger partial charge >= 0.3 is 0 Å². The lowest BCUT2D eigenvalue weighted by molar-refractivity contribution is 0.598. The number of aromatic nitrogens is 2. The second kappa shape index (κ2) is 6.51. The highest BCUT2D eigenvalue weighted by atomic mass is 32.2. The lowest BCUT2D eigenvalue weighted by Crippen LogP contribution is -2.32. The minimum atomic E-state index is -3.69. The van der Waals surface area contributed by atoms with Crippen LogP contribution in [0.5, 0.6) is 0 Å². The summed E-state index contributed by atoms with van der Waals surface area (Å²) in [6.45, 7) is 3.22. The van der Waals surface area contributed by atoms with Crippen molar-refractivity contribution >= 4 is 27.5 Å². The molecule has 2 heterocycles. The Morgan fingerprint density at radius 3 is 2.54 bits per heavy atom. The van der Waals surface area contributed by atoms with Crippen molar-refractivity contribution in [2.75, 3.05) is 16.8 Å². The number of nitrogens with zero attached hydrogens (tertiary/aromatic N) is 3. The first-order valence-corrected chi connectivity index (χ1v) is 10.5. The fraction of sp³-hybridized carbons (Fsp3) is 0.444. The van der Waals surface area contributed by atoms with E-state index in [1.165, 1.54) is 43.4 Å². The Bertz CT molecular complexity index is 908. The largest absolute Gasteiger partial charge is 0.353 e. The van der Waals surface area contributed by atoms with Gasteiger partial charge in [-0.1, -0.05) is 19.8 Å². The maximum absolute atomic E-state index is 11.4. The van der Waals surface area contributed by atoms with Gasteiger partial charge in [0.1, 0.15) is 5.82 Å². The third kappa shape index (κ3) is 3.26. The Morgan fingerprint density at radius 1 is 1.19 bits per heavy atom. The predicted octanol–water partition coefficient (Wildman–Crippen LogP) is 2.73. The van der Waals surface area contributed by atoms with Gasteiger partial charge in [0, 0.05) is 36.0 Å². The molecule has 0 bridgehead atoms. The first-order chi connectivity index (χ1) is 12.4. The highest BCUT2D eigenvalue weighted by Crippen LogP contribution is 2.39. The number of nitrogens with two attached hydrogens (primary N) is 1. The molecule has 1 fully saturated rings. The van der Waals surface area contributed by atoms with Crippen LogP contribution in [0.25, 0.3) is 0 Å². The van der Waals surface area contributed by atoms with E-state index in [2.05, 4.69) is 22.1 Å². The van der Waals surface area contributed by atoms with Crippen LogP contribution in [0.4, 0.5) is 17.5 Å². The SMILES string of the molecule is CC1CN(C2CCCC2)c2nc(Nc3ccc(S(N)(=O)=O)cc3)ncc21. The van der Waals surface area contributed by atoms with E-state index in [0.717, 1.165) is 18.1 Å². The van der Waals surface area contributed by atoms with Crippen molar-refractivity contribution in [3.8, 4) is 0 Å². The second-order valence-corrected chi connectivity index (χ2v) is 8.72. The summed E-state index contributed by atoms with van der Waals surface area (Å²) in [5.41, 5.74) is 1.92. The van der Waals surface area contributed by atoms with E-state index in [1.807, 2.05) is 6.20 Å². The molecule has 3 N–H and O–H groups in total. The molecule has 138 valence electrons. The second-order valence-electron chi connectivity index (χ2n) is 7.16. The summed E-state index contributed by atoms with van der Waals surface area (Å²) >= 11 is 0. The molecule has 8 heteroatoms. The fourth-order valence-electron chi connectivity index (χ4n) is 3.89. The molecule has 1 unspecified atom stereocenters. The van der Waals surface area contributed by atoms with Gasteiger partial charge in [-0.15, -0.1) is 0 Å². The third-order valence-electron chi connectivity index (χ3n) is 5.27. The molecule has 1 atom stereocenters. The Kier molecular flexibility index (Phi) is 4.32. The van der Waals surface area contributed by atoms with E-state index in [-0.39, 0.29) is 4.90 Å². The summed E-state index contributed by atoms with van der Waals surface area (Å²) in [4.78, 5) is 11.7. The zero-order chi connectivity index (χ0) is 18.3. The minimum absolute atomic E-state index is 0.0826. The maximum Gasteiger partial charge on any atom is 0.238 e. The van der Waals surface area contributed by atoms with Crippen LogP contribution >= 0.6 is 0 Å². The smallest absolute Gasteiger partial charge is 0.238 e.